The molecule has 1 aliphatic heterocycles. The minimum atomic E-state index is -0.738. The smallest absolute Gasteiger partial charge is 0.331 e. The van der Waals surface area contributed by atoms with Gasteiger partial charge in [0.05, 0.1) is 19.3 Å². The van der Waals surface area contributed by atoms with Gasteiger partial charge < -0.3 is 35.1 Å². The minimum Gasteiger partial charge on any atom is -0.483 e. The van der Waals surface area contributed by atoms with Crippen LogP contribution in [0.2, 0.25) is 0 Å². The summed E-state index contributed by atoms with van der Waals surface area (Å²) in [5.41, 5.74) is 3.77. The molecule has 0 spiro atoms. The topological polar surface area (TPSA) is 135 Å². The van der Waals surface area contributed by atoms with E-state index in [1.807, 2.05) is 107 Å². The number of benzene rings is 3. The highest BCUT2D eigenvalue weighted by molar-refractivity contribution is 5.88. The molecule has 3 aromatic carbocycles. The molecule has 1 fully saturated rings. The number of nitrogens with one attached hydrogen (secondary N) is 3. The lowest BCUT2D eigenvalue weighted by atomic mass is 9.92. The Balaban J connectivity index is 1.64. The van der Waals surface area contributed by atoms with Crippen LogP contribution in [0.5, 0.6) is 5.75 Å². The van der Waals surface area contributed by atoms with E-state index >= 15 is 0 Å². The van der Waals surface area contributed by atoms with Crippen LogP contribution in [0.3, 0.4) is 0 Å². The number of para-hydroxylation sites is 1. The molecule has 11 nitrogen and oxygen atoms in total. The van der Waals surface area contributed by atoms with Crippen LogP contribution in [0.15, 0.2) is 78.9 Å². The van der Waals surface area contributed by atoms with Crippen molar-refractivity contribution in [2.24, 2.45) is 5.92 Å². The molecule has 4 atom stereocenters. The van der Waals surface area contributed by atoms with E-state index in [9.17, 15) is 19.2 Å². The van der Waals surface area contributed by atoms with Gasteiger partial charge >= 0.3 is 12.0 Å². The largest absolute Gasteiger partial charge is 0.483 e. The van der Waals surface area contributed by atoms with E-state index in [-0.39, 0.29) is 43.4 Å². The number of hydrogen-bond acceptors (Lipinski definition) is 7. The molecule has 4 rings (SSSR count). The molecule has 0 aromatic heterocycles. The van der Waals surface area contributed by atoms with Crippen molar-refractivity contribution in [1.29, 1.82) is 0 Å². The predicted octanol–water partition coefficient (Wildman–Crippen LogP) is 4.53. The lowest BCUT2D eigenvalue weighted by Crippen LogP contribution is -2.59. The molecule has 3 aromatic rings. The summed E-state index contributed by atoms with van der Waals surface area (Å²) in [5, 5.41) is 9.21. The number of rotatable bonds is 18. The average Bonchev–Trinajstić information content (AvgIpc) is 3.11. The van der Waals surface area contributed by atoms with Gasteiger partial charge in [-0.2, -0.15) is 0 Å². The Bertz CT molecular complexity index is 1560. The Morgan fingerprint density at radius 2 is 1.47 bits per heavy atom. The average molecular weight is 701 g/mol. The quantitative estimate of drug-likeness (QED) is 0.166. The summed E-state index contributed by atoms with van der Waals surface area (Å²) in [6.07, 6.45) is 1.08. The molecule has 1 aliphatic rings. The number of amides is 4. The SMILES string of the molecule is COC(=O)CO[C@@H](C[C@H](Cc1ccccc1)NC(=O)[C@H](C(C)C)N1CCCNC1=O)[C@H](Cc1ccccc1)NC(=O)COc1c(C)cccc1C. The summed E-state index contributed by atoms with van der Waals surface area (Å²) >= 11 is 0. The maximum atomic E-state index is 14.1. The van der Waals surface area contributed by atoms with E-state index in [2.05, 4.69) is 16.0 Å². The Morgan fingerprint density at radius 3 is 2.06 bits per heavy atom. The maximum Gasteiger partial charge on any atom is 0.331 e. The molecule has 51 heavy (non-hydrogen) atoms. The molecule has 3 N–H and O–H groups in total. The third kappa shape index (κ3) is 11.8. The number of nitrogens with zero attached hydrogens (tertiary/aromatic N) is 1. The third-order valence-corrected chi connectivity index (χ3v) is 9.03. The number of aryl methyl sites for hydroxylation is 2. The van der Waals surface area contributed by atoms with Crippen LogP contribution in [-0.2, 0) is 36.7 Å². The second-order valence-electron chi connectivity index (χ2n) is 13.4. The van der Waals surface area contributed by atoms with Gasteiger partial charge in [0.2, 0.25) is 5.91 Å². The van der Waals surface area contributed by atoms with Crippen molar-refractivity contribution in [1.82, 2.24) is 20.9 Å². The zero-order chi connectivity index (χ0) is 36.8. The number of carbonyl (C=O) groups excluding carboxylic acids is 4. The van der Waals surface area contributed by atoms with Gasteiger partial charge in [-0.3, -0.25) is 9.59 Å². The first-order valence-corrected chi connectivity index (χ1v) is 17.6. The number of carbonyl (C=O) groups is 4. The summed E-state index contributed by atoms with van der Waals surface area (Å²) in [6.45, 7) is 8.18. The minimum absolute atomic E-state index is 0.153. The van der Waals surface area contributed by atoms with E-state index < -0.39 is 30.2 Å². The standard InChI is InChI=1S/C40H52N4O7/c1-27(2)37(44-21-13-20-41-40(44)48)39(47)42-32(22-30-16-8-6-9-17-30)24-34(50-26-36(46)49-5)33(23-31-18-10-7-11-19-31)43-35(45)25-51-38-28(3)14-12-15-29(38)4/h6-12,14-19,27,32-34,37H,13,20-26H2,1-5H3,(H,41,48)(H,42,47)(H,43,45)/t32-,33-,34-,37-/m0/s1. The van der Waals surface area contributed by atoms with Gasteiger partial charge in [0.15, 0.2) is 6.61 Å². The number of esters is 1. The van der Waals surface area contributed by atoms with E-state index in [0.717, 1.165) is 28.7 Å². The lowest BCUT2D eigenvalue weighted by Gasteiger charge is -2.37. The Morgan fingerprint density at radius 1 is 0.843 bits per heavy atom. The number of hydrogen-bond donors (Lipinski definition) is 3. The number of ether oxygens (including phenoxy) is 3. The van der Waals surface area contributed by atoms with E-state index in [1.54, 1.807) is 4.90 Å². The molecule has 0 saturated carbocycles. The zero-order valence-corrected chi connectivity index (χ0v) is 30.4. The molecule has 0 aliphatic carbocycles. The molecule has 0 radical (unpaired) electrons. The molecule has 4 amide bonds. The highest BCUT2D eigenvalue weighted by atomic mass is 16.6. The van der Waals surface area contributed by atoms with Crippen molar-refractivity contribution < 1.29 is 33.4 Å². The molecule has 1 heterocycles. The molecule has 0 unspecified atom stereocenters. The van der Waals surface area contributed by atoms with Crippen LogP contribution in [0.4, 0.5) is 4.79 Å². The molecule has 11 heteroatoms. The number of urea groups is 1. The van der Waals surface area contributed by atoms with Crippen molar-refractivity contribution in [3.05, 3.63) is 101 Å². The maximum absolute atomic E-state index is 14.1. The molecule has 0 bridgehead atoms. The summed E-state index contributed by atoms with van der Waals surface area (Å²) < 4.78 is 17.2. The van der Waals surface area contributed by atoms with Gasteiger partial charge in [0.25, 0.3) is 5.91 Å². The van der Waals surface area contributed by atoms with E-state index in [4.69, 9.17) is 14.2 Å². The first kappa shape index (κ1) is 38.9. The number of methoxy groups -OCH3 is 1. The fourth-order valence-corrected chi connectivity index (χ4v) is 6.52. The summed E-state index contributed by atoms with van der Waals surface area (Å²) in [7, 11) is 1.29. The van der Waals surface area contributed by atoms with Gasteiger partial charge in [0.1, 0.15) is 18.4 Å². The Labute approximate surface area is 301 Å². The fraction of sp³-hybridized carbons (Fsp3) is 0.450. The normalized spacial score (nSPS) is 15.3. The lowest BCUT2D eigenvalue weighted by molar-refractivity contribution is -0.149. The van der Waals surface area contributed by atoms with Gasteiger partial charge in [-0.05, 0) is 67.7 Å². The predicted molar refractivity (Wildman–Crippen MR) is 195 cm³/mol. The first-order valence-electron chi connectivity index (χ1n) is 17.6. The molecular formula is C40H52N4O7. The Kier molecular flexibility index (Phi) is 14.9. The van der Waals surface area contributed by atoms with Gasteiger partial charge in [-0.25, -0.2) is 9.59 Å². The summed E-state index contributed by atoms with van der Waals surface area (Å²) in [4.78, 5) is 54.5. The molecular weight excluding hydrogens is 648 g/mol. The van der Waals surface area contributed by atoms with Crippen LogP contribution < -0.4 is 20.7 Å². The molecule has 274 valence electrons. The zero-order valence-electron chi connectivity index (χ0n) is 30.4. The first-order chi connectivity index (χ1) is 24.5. The summed E-state index contributed by atoms with van der Waals surface area (Å²) in [6, 6.07) is 23.2. The van der Waals surface area contributed by atoms with Crippen LogP contribution in [0, 0.1) is 19.8 Å². The van der Waals surface area contributed by atoms with E-state index in [0.29, 0.717) is 31.7 Å². The highest BCUT2D eigenvalue weighted by Gasteiger charge is 2.36. The van der Waals surface area contributed by atoms with Gasteiger partial charge in [-0.15, -0.1) is 0 Å². The molecule has 1 saturated heterocycles. The van der Waals surface area contributed by atoms with Crippen LogP contribution >= 0.6 is 0 Å². The Hall–Kier alpha value is -4.90. The van der Waals surface area contributed by atoms with Crippen LogP contribution in [0.1, 0.15) is 48.9 Å². The van der Waals surface area contributed by atoms with Gasteiger partial charge in [-0.1, -0.05) is 92.7 Å². The van der Waals surface area contributed by atoms with Crippen molar-refractivity contribution in [2.75, 3.05) is 33.4 Å². The van der Waals surface area contributed by atoms with E-state index in [1.165, 1.54) is 7.11 Å². The van der Waals surface area contributed by atoms with Gasteiger partial charge in [0, 0.05) is 19.1 Å². The second kappa shape index (κ2) is 19.5. The van der Waals surface area contributed by atoms with Crippen LogP contribution in [0.25, 0.3) is 0 Å². The van der Waals surface area contributed by atoms with Crippen molar-refractivity contribution in [3.63, 3.8) is 0 Å². The van der Waals surface area contributed by atoms with Crippen molar-refractivity contribution >= 4 is 23.8 Å². The van der Waals surface area contributed by atoms with Crippen molar-refractivity contribution in [2.45, 2.75) is 77.6 Å². The summed E-state index contributed by atoms with van der Waals surface area (Å²) in [5.74, 6) is -0.703. The van der Waals surface area contributed by atoms with Crippen molar-refractivity contribution in [3.8, 4) is 5.75 Å². The highest BCUT2D eigenvalue weighted by Crippen LogP contribution is 2.23. The fourth-order valence-electron chi connectivity index (χ4n) is 6.52. The second-order valence-corrected chi connectivity index (χ2v) is 13.4. The third-order valence-electron chi connectivity index (χ3n) is 9.03. The monoisotopic (exact) mass is 700 g/mol. The van der Waals surface area contributed by atoms with Crippen LogP contribution in [-0.4, -0.2) is 86.4 Å².